The number of anilines is 2. The number of hydrogen-bond acceptors (Lipinski definition) is 7. The molecule has 0 radical (unpaired) electrons. The third-order valence-electron chi connectivity index (χ3n) is 7.62. The smallest absolute Gasteiger partial charge is 0.335 e. The van der Waals surface area contributed by atoms with Gasteiger partial charge in [0, 0.05) is 26.3 Å². The minimum absolute atomic E-state index is 0.196. The van der Waals surface area contributed by atoms with Crippen molar-refractivity contribution < 1.29 is 34.0 Å². The summed E-state index contributed by atoms with van der Waals surface area (Å²) in [6, 6.07) is 19.8. The average Bonchev–Trinajstić information content (AvgIpc) is 3.00. The van der Waals surface area contributed by atoms with Gasteiger partial charge in [0.15, 0.2) is 23.7 Å². The minimum Gasteiger partial charge on any atom is -0.494 e. The van der Waals surface area contributed by atoms with Gasteiger partial charge >= 0.3 is 5.97 Å². The number of nitrogens with one attached hydrogen (secondary N) is 1. The molecule has 3 aromatic rings. The zero-order valence-corrected chi connectivity index (χ0v) is 25.2. The number of aliphatic hydroxyl groups excluding tert-OH is 1. The molecule has 1 aliphatic heterocycles. The van der Waals surface area contributed by atoms with E-state index in [-0.39, 0.29) is 6.61 Å². The Morgan fingerprint density at radius 3 is 2.44 bits per heavy atom. The normalized spacial score (nSPS) is 13.1. The third kappa shape index (κ3) is 8.95. The maximum Gasteiger partial charge on any atom is 0.335 e. The topological polar surface area (TPSA) is 118 Å². The number of para-hydroxylation sites is 2. The first kappa shape index (κ1) is 31.8. The van der Waals surface area contributed by atoms with Crippen molar-refractivity contribution >= 4 is 23.3 Å². The molecule has 1 aliphatic rings. The van der Waals surface area contributed by atoms with Gasteiger partial charge < -0.3 is 34.6 Å². The van der Waals surface area contributed by atoms with Gasteiger partial charge in [-0.25, -0.2) is 4.79 Å². The highest BCUT2D eigenvalue weighted by Crippen LogP contribution is 2.42. The van der Waals surface area contributed by atoms with Crippen molar-refractivity contribution in [1.29, 1.82) is 0 Å². The molecule has 0 fully saturated rings. The van der Waals surface area contributed by atoms with Gasteiger partial charge in [0.1, 0.15) is 5.75 Å². The fourth-order valence-electron chi connectivity index (χ4n) is 4.88. The van der Waals surface area contributed by atoms with Gasteiger partial charge in [0.25, 0.3) is 5.91 Å². The first-order valence-corrected chi connectivity index (χ1v) is 14.9. The first-order valence-electron chi connectivity index (χ1n) is 14.9. The Bertz CT molecular complexity index is 1390. The Morgan fingerprint density at radius 1 is 0.884 bits per heavy atom. The summed E-state index contributed by atoms with van der Waals surface area (Å²) in [6.45, 7) is 5.21. The van der Waals surface area contributed by atoms with E-state index in [9.17, 15) is 19.8 Å². The van der Waals surface area contributed by atoms with Crippen LogP contribution in [0, 0.1) is 13.8 Å². The van der Waals surface area contributed by atoms with Gasteiger partial charge in [-0.05, 0) is 86.9 Å². The molecule has 1 amide bonds. The van der Waals surface area contributed by atoms with Crippen LogP contribution >= 0.6 is 0 Å². The number of likely N-dealkylation sites (N-methyl/N-ethyl adjacent to an activating group) is 1. The summed E-state index contributed by atoms with van der Waals surface area (Å²) in [5.74, 6) is 0.166. The molecule has 2 atom stereocenters. The van der Waals surface area contributed by atoms with Crippen LogP contribution in [-0.2, 0) is 20.7 Å². The van der Waals surface area contributed by atoms with Crippen LogP contribution in [0.4, 0.5) is 11.4 Å². The van der Waals surface area contributed by atoms with Gasteiger partial charge in [-0.15, -0.1) is 0 Å². The molecule has 0 aromatic heterocycles. The Labute approximate surface area is 253 Å². The number of rotatable bonds is 16. The minimum atomic E-state index is -1.93. The second kappa shape index (κ2) is 15.4. The lowest BCUT2D eigenvalue weighted by Gasteiger charge is -2.25. The number of carbonyl (C=O) groups is 2. The number of carboxylic acids is 1. The Kier molecular flexibility index (Phi) is 11.4. The molecule has 3 N–H and O–H groups in total. The van der Waals surface area contributed by atoms with Crippen LogP contribution in [0.2, 0.25) is 0 Å². The standard InChI is InChI=1S/C34H42N2O7/c1-23-14-15-25(21-24(23)2)11-5-4-9-20-42-32(31(37)34(39)40)33(38)36(3)18-8-10-19-41-26-16-17-30-28(22-26)35-27-12-6-7-13-29(27)43-30/h6-7,12-17,21-22,31-32,35,37H,4-5,8-11,18-20H2,1-3H3,(H,39,40). The summed E-state index contributed by atoms with van der Waals surface area (Å²) in [4.78, 5) is 25.9. The van der Waals surface area contributed by atoms with E-state index in [1.807, 2.05) is 42.5 Å². The van der Waals surface area contributed by atoms with E-state index in [1.165, 1.54) is 21.6 Å². The molecule has 3 aromatic carbocycles. The summed E-state index contributed by atoms with van der Waals surface area (Å²) in [5.41, 5.74) is 5.55. The quantitative estimate of drug-likeness (QED) is 0.136. The van der Waals surface area contributed by atoms with Crippen molar-refractivity contribution in [2.75, 3.05) is 32.1 Å². The van der Waals surface area contributed by atoms with E-state index in [1.54, 1.807) is 7.05 Å². The number of carbonyl (C=O) groups excluding carboxylic acids is 1. The van der Waals surface area contributed by atoms with Crippen LogP contribution in [0.5, 0.6) is 17.2 Å². The molecule has 2 unspecified atom stereocenters. The molecule has 0 bridgehead atoms. The summed E-state index contributed by atoms with van der Waals surface area (Å²) >= 11 is 0. The van der Waals surface area contributed by atoms with Crippen molar-refractivity contribution in [3.05, 3.63) is 77.4 Å². The molecule has 4 rings (SSSR count). The van der Waals surface area contributed by atoms with Crippen molar-refractivity contribution in [2.24, 2.45) is 0 Å². The lowest BCUT2D eigenvalue weighted by atomic mass is 10.0. The van der Waals surface area contributed by atoms with Crippen LogP contribution in [0.1, 0.15) is 48.8 Å². The molecule has 9 heteroatoms. The van der Waals surface area contributed by atoms with Crippen LogP contribution in [0.25, 0.3) is 0 Å². The molecular formula is C34H42N2O7. The molecule has 43 heavy (non-hydrogen) atoms. The van der Waals surface area contributed by atoms with Crippen LogP contribution in [-0.4, -0.2) is 66.0 Å². The van der Waals surface area contributed by atoms with E-state index in [4.69, 9.17) is 14.2 Å². The molecule has 0 saturated heterocycles. The van der Waals surface area contributed by atoms with Gasteiger partial charge in [0.05, 0.1) is 18.0 Å². The fourth-order valence-corrected chi connectivity index (χ4v) is 4.88. The third-order valence-corrected chi connectivity index (χ3v) is 7.62. The largest absolute Gasteiger partial charge is 0.494 e. The number of fused-ring (bicyclic) bond motifs is 2. The number of aliphatic carboxylic acids is 1. The average molecular weight is 591 g/mol. The summed E-state index contributed by atoms with van der Waals surface area (Å²) in [7, 11) is 1.59. The highest BCUT2D eigenvalue weighted by molar-refractivity contribution is 5.87. The second-order valence-corrected chi connectivity index (χ2v) is 11.0. The second-order valence-electron chi connectivity index (χ2n) is 11.0. The summed E-state index contributed by atoms with van der Waals surface area (Å²) < 4.78 is 17.4. The van der Waals surface area contributed by atoms with Crippen molar-refractivity contribution in [2.45, 2.75) is 64.6 Å². The van der Waals surface area contributed by atoms with E-state index in [0.29, 0.717) is 38.2 Å². The maximum atomic E-state index is 13.0. The number of ether oxygens (including phenoxy) is 3. The van der Waals surface area contributed by atoms with E-state index in [2.05, 4.69) is 37.4 Å². The summed E-state index contributed by atoms with van der Waals surface area (Å²) in [5, 5.41) is 22.9. The van der Waals surface area contributed by atoms with Crippen molar-refractivity contribution in [3.8, 4) is 17.2 Å². The molecule has 0 saturated carbocycles. The van der Waals surface area contributed by atoms with Gasteiger partial charge in [-0.1, -0.05) is 36.8 Å². The Morgan fingerprint density at radius 2 is 1.65 bits per heavy atom. The van der Waals surface area contributed by atoms with Crippen LogP contribution < -0.4 is 14.8 Å². The summed E-state index contributed by atoms with van der Waals surface area (Å²) in [6.07, 6.45) is 1.37. The lowest BCUT2D eigenvalue weighted by molar-refractivity contribution is -0.166. The highest BCUT2D eigenvalue weighted by Gasteiger charge is 2.34. The maximum absolute atomic E-state index is 13.0. The number of carboxylic acid groups (broad SMARTS) is 1. The highest BCUT2D eigenvalue weighted by atomic mass is 16.5. The predicted octanol–water partition coefficient (Wildman–Crippen LogP) is 6.01. The van der Waals surface area contributed by atoms with Gasteiger partial charge in [-0.3, -0.25) is 4.79 Å². The van der Waals surface area contributed by atoms with E-state index >= 15 is 0 Å². The first-order chi connectivity index (χ1) is 20.7. The zero-order valence-electron chi connectivity index (χ0n) is 25.2. The predicted molar refractivity (Wildman–Crippen MR) is 165 cm³/mol. The van der Waals surface area contributed by atoms with Crippen LogP contribution in [0.15, 0.2) is 60.7 Å². The van der Waals surface area contributed by atoms with Crippen LogP contribution in [0.3, 0.4) is 0 Å². The van der Waals surface area contributed by atoms with E-state index < -0.39 is 24.1 Å². The fraction of sp³-hybridized carbons (Fsp3) is 0.412. The SMILES string of the molecule is Cc1ccc(CCCCCOC(C(=O)N(C)CCCCOc2ccc3c(c2)Nc2ccccc2O3)C(O)C(=O)O)cc1C. The Hall–Kier alpha value is -4.08. The number of unbranched alkanes of at least 4 members (excludes halogenated alkanes) is 3. The molecule has 0 aliphatic carbocycles. The lowest BCUT2D eigenvalue weighted by Crippen LogP contribution is -2.48. The van der Waals surface area contributed by atoms with Gasteiger partial charge in [-0.2, -0.15) is 0 Å². The number of aryl methyl sites for hydroxylation is 3. The van der Waals surface area contributed by atoms with Crippen molar-refractivity contribution in [1.82, 2.24) is 4.90 Å². The number of benzene rings is 3. The molecule has 9 nitrogen and oxygen atoms in total. The van der Waals surface area contributed by atoms with E-state index in [0.717, 1.165) is 42.1 Å². The van der Waals surface area contributed by atoms with Crippen molar-refractivity contribution in [3.63, 3.8) is 0 Å². The van der Waals surface area contributed by atoms with Gasteiger partial charge in [0.2, 0.25) is 0 Å². The zero-order chi connectivity index (χ0) is 30.8. The molecule has 1 heterocycles. The number of amides is 1. The number of aliphatic hydroxyl groups is 1. The molecule has 0 spiro atoms. The molecule has 230 valence electrons. The Balaban J connectivity index is 1.16. The monoisotopic (exact) mass is 590 g/mol. The number of nitrogens with zero attached hydrogens (tertiary/aromatic N) is 1. The molecular weight excluding hydrogens is 548 g/mol. The number of hydrogen-bond donors (Lipinski definition) is 3.